The Morgan fingerprint density at radius 1 is 1.12 bits per heavy atom. The summed E-state index contributed by atoms with van der Waals surface area (Å²) in [5.41, 5.74) is 2.61. The second-order valence-corrected chi connectivity index (χ2v) is 8.25. The number of hydrogen-bond donors (Lipinski definition) is 0. The van der Waals surface area contributed by atoms with Gasteiger partial charge in [-0.25, -0.2) is 9.78 Å². The molecular weight excluding hydrogens is 438 g/mol. The zero-order valence-corrected chi connectivity index (χ0v) is 20.0. The number of oxazole rings is 1. The van der Waals surface area contributed by atoms with Crippen LogP contribution in [0.4, 0.5) is 0 Å². The van der Waals surface area contributed by atoms with Crippen LogP contribution in [-0.4, -0.2) is 35.9 Å². The van der Waals surface area contributed by atoms with Gasteiger partial charge in [0, 0.05) is 29.7 Å². The number of carbonyl (C=O) groups is 1. The number of benzene rings is 2. The second kappa shape index (κ2) is 12.7. The predicted octanol–water partition coefficient (Wildman–Crippen LogP) is 5.94. The first kappa shape index (κ1) is 24.5. The Morgan fingerprint density at radius 2 is 1.94 bits per heavy atom. The molecule has 0 aliphatic heterocycles. The summed E-state index contributed by atoms with van der Waals surface area (Å²) in [6, 6.07) is 15.4. The van der Waals surface area contributed by atoms with E-state index in [0.717, 1.165) is 28.3 Å². The van der Waals surface area contributed by atoms with Crippen molar-refractivity contribution in [1.29, 1.82) is 0 Å². The van der Waals surface area contributed by atoms with Gasteiger partial charge in [0.2, 0.25) is 5.89 Å². The number of carbonyl (C=O) groups excluding carboxylic acids is 1. The van der Waals surface area contributed by atoms with Gasteiger partial charge in [-0.15, -0.1) is 11.8 Å². The Hall–Kier alpha value is -3.19. The molecular formula is C26H29NO5S. The summed E-state index contributed by atoms with van der Waals surface area (Å²) in [6.45, 7) is 6.55. The quantitative estimate of drug-likeness (QED) is 0.141. The van der Waals surface area contributed by atoms with E-state index >= 15 is 0 Å². The Labute approximate surface area is 199 Å². The first-order valence-electron chi connectivity index (χ1n) is 10.9. The van der Waals surface area contributed by atoms with E-state index in [-0.39, 0.29) is 5.97 Å². The van der Waals surface area contributed by atoms with Gasteiger partial charge in [0.25, 0.3) is 0 Å². The fraction of sp³-hybridized carbons (Fsp3) is 0.308. The molecule has 0 atom stereocenters. The molecule has 0 unspecified atom stereocenters. The Kier molecular flexibility index (Phi) is 9.44. The number of rotatable bonds is 12. The van der Waals surface area contributed by atoms with Crippen LogP contribution >= 0.6 is 11.8 Å². The lowest BCUT2D eigenvalue weighted by atomic mass is 10.1. The normalized spacial score (nSPS) is 11.0. The minimum Gasteiger partial charge on any atom is -0.493 e. The molecule has 2 aromatic carbocycles. The van der Waals surface area contributed by atoms with Crippen LogP contribution in [0.3, 0.4) is 0 Å². The van der Waals surface area contributed by atoms with Crippen LogP contribution in [0.15, 0.2) is 59.0 Å². The van der Waals surface area contributed by atoms with Crippen molar-refractivity contribution in [3.63, 3.8) is 0 Å². The minimum absolute atomic E-state index is 0.338. The molecule has 0 aliphatic carbocycles. The fourth-order valence-corrected chi connectivity index (χ4v) is 3.41. The van der Waals surface area contributed by atoms with Gasteiger partial charge in [0.15, 0.2) is 0 Å². The lowest BCUT2D eigenvalue weighted by Crippen LogP contribution is -2.04. The average Bonchev–Trinajstić information content (AvgIpc) is 3.20. The van der Waals surface area contributed by atoms with Crippen LogP contribution < -0.4 is 9.47 Å². The van der Waals surface area contributed by atoms with Crippen LogP contribution in [0.5, 0.6) is 11.5 Å². The number of esters is 1. The molecule has 0 spiro atoms. The number of thioether (sulfide) groups is 1. The molecule has 0 amide bonds. The molecule has 0 bridgehead atoms. The summed E-state index contributed by atoms with van der Waals surface area (Å²) in [4.78, 5) is 16.3. The molecule has 174 valence electrons. The molecule has 3 rings (SSSR count). The fourth-order valence-electron chi connectivity index (χ4n) is 3.03. The third-order valence-electron chi connectivity index (χ3n) is 4.69. The Bertz CT molecular complexity index is 1060. The molecule has 1 aromatic heterocycles. The third-order valence-corrected chi connectivity index (χ3v) is 5.39. The van der Waals surface area contributed by atoms with Crippen molar-refractivity contribution >= 4 is 23.8 Å². The molecule has 33 heavy (non-hydrogen) atoms. The molecule has 0 radical (unpaired) electrons. The van der Waals surface area contributed by atoms with Crippen LogP contribution in [0.1, 0.15) is 30.9 Å². The predicted molar refractivity (Wildman–Crippen MR) is 132 cm³/mol. The van der Waals surface area contributed by atoms with Crippen LogP contribution in [-0.2, 0) is 16.0 Å². The maximum atomic E-state index is 11.7. The maximum Gasteiger partial charge on any atom is 0.330 e. The molecule has 7 heteroatoms. The summed E-state index contributed by atoms with van der Waals surface area (Å²) in [5.74, 6) is 3.82. The lowest BCUT2D eigenvalue weighted by molar-refractivity contribution is -0.137. The number of aryl methyl sites for hydroxylation is 1. The van der Waals surface area contributed by atoms with Crippen molar-refractivity contribution in [1.82, 2.24) is 4.98 Å². The number of hydrogen-bond acceptors (Lipinski definition) is 7. The van der Waals surface area contributed by atoms with Crippen molar-refractivity contribution in [2.75, 3.05) is 24.9 Å². The van der Waals surface area contributed by atoms with E-state index in [9.17, 15) is 4.79 Å². The first-order chi connectivity index (χ1) is 16.1. The highest BCUT2D eigenvalue weighted by Gasteiger charge is 2.12. The van der Waals surface area contributed by atoms with E-state index < -0.39 is 0 Å². The average molecular weight is 468 g/mol. The minimum atomic E-state index is -0.385. The zero-order chi connectivity index (χ0) is 23.5. The van der Waals surface area contributed by atoms with Gasteiger partial charge < -0.3 is 18.6 Å². The molecule has 0 aliphatic rings. The highest BCUT2D eigenvalue weighted by molar-refractivity contribution is 7.99. The van der Waals surface area contributed by atoms with Gasteiger partial charge in [-0.2, -0.15) is 0 Å². The van der Waals surface area contributed by atoms with Crippen molar-refractivity contribution < 1.29 is 23.4 Å². The number of nitrogens with zero attached hydrogens (tertiary/aromatic N) is 1. The van der Waals surface area contributed by atoms with Gasteiger partial charge in [-0.3, -0.25) is 0 Å². The maximum absolute atomic E-state index is 11.7. The van der Waals surface area contributed by atoms with Crippen LogP contribution in [0, 0.1) is 6.92 Å². The summed E-state index contributed by atoms with van der Waals surface area (Å²) < 4.78 is 22.6. The number of ether oxygens (including phenoxy) is 3. The molecule has 0 fully saturated rings. The van der Waals surface area contributed by atoms with Crippen LogP contribution in [0.25, 0.3) is 17.5 Å². The van der Waals surface area contributed by atoms with Gasteiger partial charge in [0.1, 0.15) is 23.2 Å². The molecule has 6 nitrogen and oxygen atoms in total. The highest BCUT2D eigenvalue weighted by atomic mass is 32.2. The molecule has 3 aromatic rings. The topological polar surface area (TPSA) is 70.8 Å². The molecule has 1 heterocycles. The van der Waals surface area contributed by atoms with E-state index in [0.29, 0.717) is 43.0 Å². The van der Waals surface area contributed by atoms with E-state index in [1.165, 1.54) is 6.08 Å². The van der Waals surface area contributed by atoms with Crippen molar-refractivity contribution in [3.05, 3.63) is 71.6 Å². The van der Waals surface area contributed by atoms with Crippen LogP contribution in [0.2, 0.25) is 0 Å². The lowest BCUT2D eigenvalue weighted by Gasteiger charge is -2.12. The second-order valence-electron chi connectivity index (χ2n) is 7.03. The van der Waals surface area contributed by atoms with E-state index in [2.05, 4.69) is 11.9 Å². The van der Waals surface area contributed by atoms with Crippen molar-refractivity contribution in [2.45, 2.75) is 27.2 Å². The van der Waals surface area contributed by atoms with E-state index in [4.69, 9.17) is 18.6 Å². The molecule has 0 N–H and O–H groups in total. The van der Waals surface area contributed by atoms with E-state index in [1.807, 2.05) is 55.5 Å². The summed E-state index contributed by atoms with van der Waals surface area (Å²) in [5, 5.41) is 0. The Morgan fingerprint density at radius 3 is 2.70 bits per heavy atom. The summed E-state index contributed by atoms with van der Waals surface area (Å²) in [6.07, 6.45) is 3.71. The van der Waals surface area contributed by atoms with Gasteiger partial charge >= 0.3 is 5.97 Å². The number of aromatic nitrogens is 1. The summed E-state index contributed by atoms with van der Waals surface area (Å²) in [7, 11) is 0. The smallest absolute Gasteiger partial charge is 0.330 e. The van der Waals surface area contributed by atoms with Gasteiger partial charge in [0.05, 0.1) is 18.9 Å². The zero-order valence-electron chi connectivity index (χ0n) is 19.2. The van der Waals surface area contributed by atoms with E-state index in [1.54, 1.807) is 24.8 Å². The standard InChI is InChI=1S/C26H29NO5S/c1-4-29-25(28)14-12-20-11-13-22(17-24(20)31-18-33-5-2)30-16-15-23-19(3)32-26(27-23)21-9-7-6-8-10-21/h6-14,17H,4-5,15-16,18H2,1-3H3. The monoisotopic (exact) mass is 467 g/mol. The van der Waals surface area contributed by atoms with Gasteiger partial charge in [-0.05, 0) is 49.9 Å². The first-order valence-corrected chi connectivity index (χ1v) is 12.1. The van der Waals surface area contributed by atoms with Crippen molar-refractivity contribution in [2.24, 2.45) is 0 Å². The SMILES string of the molecule is CCOC(=O)C=Cc1ccc(OCCc2nc(-c3ccccc3)oc2C)cc1OCSCC. The highest BCUT2D eigenvalue weighted by Crippen LogP contribution is 2.28. The summed E-state index contributed by atoms with van der Waals surface area (Å²) >= 11 is 1.67. The molecule has 0 saturated carbocycles. The van der Waals surface area contributed by atoms with Crippen molar-refractivity contribution in [3.8, 4) is 23.0 Å². The largest absolute Gasteiger partial charge is 0.493 e. The third kappa shape index (κ3) is 7.43. The molecule has 0 saturated heterocycles. The Balaban J connectivity index is 1.65. The van der Waals surface area contributed by atoms with Gasteiger partial charge in [-0.1, -0.05) is 25.1 Å².